The van der Waals surface area contributed by atoms with Gasteiger partial charge in [-0.25, -0.2) is 9.78 Å². The van der Waals surface area contributed by atoms with Crippen LogP contribution in [0, 0.1) is 0 Å². The molecule has 0 aliphatic carbocycles. The lowest BCUT2D eigenvalue weighted by Gasteiger charge is -2.13. The Morgan fingerprint density at radius 3 is 3.18 bits per heavy atom. The number of hydrogen-bond donors (Lipinski definition) is 2. The van der Waals surface area contributed by atoms with E-state index in [1.54, 1.807) is 10.9 Å². The van der Waals surface area contributed by atoms with Crippen LogP contribution in [-0.4, -0.2) is 31.9 Å². The van der Waals surface area contributed by atoms with E-state index < -0.39 is 5.97 Å². The van der Waals surface area contributed by atoms with Crippen LogP contribution in [0.1, 0.15) is 17.4 Å². The van der Waals surface area contributed by atoms with Gasteiger partial charge in [0.15, 0.2) is 5.69 Å². The quantitative estimate of drug-likeness (QED) is 0.843. The van der Waals surface area contributed by atoms with Gasteiger partial charge in [-0.05, 0) is 13.0 Å². The smallest absolute Gasteiger partial charge is 0.357 e. The van der Waals surface area contributed by atoms with Crippen LogP contribution in [0.2, 0.25) is 0 Å². The van der Waals surface area contributed by atoms with Gasteiger partial charge >= 0.3 is 5.97 Å². The number of aromatic nitrogens is 3. The lowest BCUT2D eigenvalue weighted by atomic mass is 10.3. The fourth-order valence-corrected chi connectivity index (χ4v) is 2.24. The summed E-state index contributed by atoms with van der Waals surface area (Å²) >= 11 is 1.29. The van der Waals surface area contributed by atoms with Gasteiger partial charge in [-0.2, -0.15) is 5.10 Å². The van der Waals surface area contributed by atoms with E-state index in [0.29, 0.717) is 11.5 Å². The Labute approximate surface area is 102 Å². The molecule has 2 aromatic heterocycles. The first-order valence-electron chi connectivity index (χ1n) is 5.07. The first kappa shape index (κ1) is 11.6. The second-order valence-electron chi connectivity index (χ2n) is 3.61. The van der Waals surface area contributed by atoms with Crippen molar-refractivity contribution in [3.63, 3.8) is 0 Å². The number of carboxylic acids is 1. The number of nitrogens with one attached hydrogen (secondary N) is 1. The van der Waals surface area contributed by atoms with Crippen molar-refractivity contribution in [1.82, 2.24) is 14.8 Å². The van der Waals surface area contributed by atoms with Crippen molar-refractivity contribution in [2.75, 3.05) is 5.32 Å². The molecule has 0 aliphatic heterocycles. The van der Waals surface area contributed by atoms with Gasteiger partial charge in [-0.1, -0.05) is 0 Å². The minimum Gasteiger partial charge on any atom is -0.476 e. The van der Waals surface area contributed by atoms with Gasteiger partial charge in [-0.15, -0.1) is 11.3 Å². The van der Waals surface area contributed by atoms with Gasteiger partial charge in [0.2, 0.25) is 0 Å². The van der Waals surface area contributed by atoms with Crippen molar-refractivity contribution in [1.29, 1.82) is 0 Å². The Balaban J connectivity index is 2.00. The van der Waals surface area contributed by atoms with E-state index in [2.05, 4.69) is 15.4 Å². The third-order valence-corrected chi connectivity index (χ3v) is 2.93. The van der Waals surface area contributed by atoms with Gasteiger partial charge < -0.3 is 10.4 Å². The molecule has 0 bridgehead atoms. The predicted molar refractivity (Wildman–Crippen MR) is 64.4 cm³/mol. The van der Waals surface area contributed by atoms with Crippen LogP contribution in [0.25, 0.3) is 0 Å². The summed E-state index contributed by atoms with van der Waals surface area (Å²) in [5.41, 5.74) is 1.59. The molecule has 0 radical (unpaired) electrons. The van der Waals surface area contributed by atoms with Crippen LogP contribution in [-0.2, 0) is 6.54 Å². The Kier molecular flexibility index (Phi) is 3.38. The summed E-state index contributed by atoms with van der Waals surface area (Å²) in [5.74, 6) is -1.01. The van der Waals surface area contributed by atoms with Gasteiger partial charge in [0.25, 0.3) is 0 Å². The largest absolute Gasteiger partial charge is 0.476 e. The van der Waals surface area contributed by atoms with E-state index in [4.69, 9.17) is 5.11 Å². The predicted octanol–water partition coefficient (Wildman–Crippen LogP) is 1.54. The second-order valence-corrected chi connectivity index (χ2v) is 4.46. The SMILES string of the molecule is CC(Cn1cccn1)Nc1scnc1C(=O)O. The van der Waals surface area contributed by atoms with E-state index in [-0.39, 0.29) is 11.7 Å². The maximum atomic E-state index is 10.9. The summed E-state index contributed by atoms with van der Waals surface area (Å²) in [5, 5.41) is 16.7. The normalized spacial score (nSPS) is 12.3. The molecule has 0 fully saturated rings. The highest BCUT2D eigenvalue weighted by molar-refractivity contribution is 7.14. The fraction of sp³-hybridized carbons (Fsp3) is 0.300. The van der Waals surface area contributed by atoms with Crippen molar-refractivity contribution < 1.29 is 9.90 Å². The number of carboxylic acid groups (broad SMARTS) is 1. The topological polar surface area (TPSA) is 80.0 Å². The van der Waals surface area contributed by atoms with Crippen molar-refractivity contribution >= 4 is 22.3 Å². The number of thiazole rings is 1. The number of nitrogens with zero attached hydrogens (tertiary/aromatic N) is 3. The molecule has 0 aliphatic rings. The molecular weight excluding hydrogens is 240 g/mol. The average molecular weight is 252 g/mol. The average Bonchev–Trinajstić information content (AvgIpc) is 2.88. The summed E-state index contributed by atoms with van der Waals surface area (Å²) in [7, 11) is 0. The molecule has 2 aromatic rings. The molecular formula is C10H12N4O2S. The van der Waals surface area contributed by atoms with Gasteiger partial charge in [0.1, 0.15) is 5.00 Å². The maximum Gasteiger partial charge on any atom is 0.357 e. The number of anilines is 1. The summed E-state index contributed by atoms with van der Waals surface area (Å²) in [6.45, 7) is 2.64. The van der Waals surface area contributed by atoms with Crippen LogP contribution < -0.4 is 5.32 Å². The Morgan fingerprint density at radius 2 is 2.53 bits per heavy atom. The van der Waals surface area contributed by atoms with Crippen LogP contribution in [0.15, 0.2) is 24.0 Å². The Hall–Kier alpha value is -1.89. The van der Waals surface area contributed by atoms with Crippen molar-refractivity contribution in [3.05, 3.63) is 29.7 Å². The molecule has 90 valence electrons. The highest BCUT2D eigenvalue weighted by Crippen LogP contribution is 2.21. The molecule has 1 atom stereocenters. The summed E-state index contributed by atoms with van der Waals surface area (Å²) in [6, 6.07) is 1.93. The Morgan fingerprint density at radius 1 is 1.71 bits per heavy atom. The van der Waals surface area contributed by atoms with Crippen molar-refractivity contribution in [2.24, 2.45) is 0 Å². The molecule has 7 heteroatoms. The minimum atomic E-state index is -1.01. The lowest BCUT2D eigenvalue weighted by Crippen LogP contribution is -2.22. The highest BCUT2D eigenvalue weighted by atomic mass is 32.1. The van der Waals surface area contributed by atoms with E-state index >= 15 is 0 Å². The van der Waals surface area contributed by atoms with Gasteiger partial charge in [0, 0.05) is 18.4 Å². The zero-order chi connectivity index (χ0) is 12.3. The second kappa shape index (κ2) is 4.96. The molecule has 0 saturated carbocycles. The lowest BCUT2D eigenvalue weighted by molar-refractivity contribution is 0.0692. The zero-order valence-electron chi connectivity index (χ0n) is 9.20. The van der Waals surface area contributed by atoms with Gasteiger partial charge in [-0.3, -0.25) is 4.68 Å². The molecule has 2 N–H and O–H groups in total. The minimum absolute atomic E-state index is 0.0716. The number of hydrogen-bond acceptors (Lipinski definition) is 5. The van der Waals surface area contributed by atoms with E-state index in [1.807, 2.05) is 19.2 Å². The molecule has 1 unspecified atom stereocenters. The first-order chi connectivity index (χ1) is 8.16. The third-order valence-electron chi connectivity index (χ3n) is 2.17. The highest BCUT2D eigenvalue weighted by Gasteiger charge is 2.15. The summed E-state index contributed by atoms with van der Waals surface area (Å²) in [4.78, 5) is 14.7. The maximum absolute atomic E-state index is 10.9. The van der Waals surface area contributed by atoms with Crippen molar-refractivity contribution in [2.45, 2.75) is 19.5 Å². The summed E-state index contributed by atoms with van der Waals surface area (Å²) < 4.78 is 1.79. The summed E-state index contributed by atoms with van der Waals surface area (Å²) in [6.07, 6.45) is 3.57. The first-order valence-corrected chi connectivity index (χ1v) is 5.95. The number of carbonyl (C=O) groups is 1. The molecule has 0 saturated heterocycles. The standard InChI is InChI=1S/C10H12N4O2S/c1-7(5-14-4-2-3-12-14)13-9-8(10(15)16)11-6-17-9/h2-4,6-7,13H,5H2,1H3,(H,15,16). The molecule has 0 spiro atoms. The number of rotatable bonds is 5. The van der Waals surface area contributed by atoms with Crippen LogP contribution in [0.5, 0.6) is 0 Å². The van der Waals surface area contributed by atoms with E-state index in [1.165, 1.54) is 16.8 Å². The van der Waals surface area contributed by atoms with Gasteiger partial charge in [0.05, 0.1) is 12.1 Å². The monoisotopic (exact) mass is 252 g/mol. The van der Waals surface area contributed by atoms with E-state index in [0.717, 1.165) is 0 Å². The third kappa shape index (κ3) is 2.82. The molecule has 17 heavy (non-hydrogen) atoms. The van der Waals surface area contributed by atoms with Crippen molar-refractivity contribution in [3.8, 4) is 0 Å². The molecule has 6 nitrogen and oxygen atoms in total. The fourth-order valence-electron chi connectivity index (χ4n) is 1.46. The zero-order valence-corrected chi connectivity index (χ0v) is 10.0. The molecule has 2 rings (SSSR count). The van der Waals surface area contributed by atoms with Crippen LogP contribution in [0.3, 0.4) is 0 Å². The molecule has 0 aromatic carbocycles. The van der Waals surface area contributed by atoms with Crippen LogP contribution >= 0.6 is 11.3 Å². The molecule has 0 amide bonds. The number of aromatic carboxylic acids is 1. The van der Waals surface area contributed by atoms with Crippen LogP contribution in [0.4, 0.5) is 5.00 Å². The van der Waals surface area contributed by atoms with E-state index in [9.17, 15) is 4.79 Å². The molecule has 2 heterocycles. The Bertz CT molecular complexity index is 494.